The fraction of sp³-hybridized carbons (Fsp3) is 0.300. The second kappa shape index (κ2) is 5.00. The minimum absolute atomic E-state index is 0.114. The van der Waals surface area contributed by atoms with Gasteiger partial charge in [0, 0.05) is 19.2 Å². The average Bonchev–Trinajstić information content (AvgIpc) is 2.20. The summed E-state index contributed by atoms with van der Waals surface area (Å²) in [5.41, 5.74) is 0.519. The van der Waals surface area contributed by atoms with Crippen molar-refractivity contribution in [3.05, 3.63) is 35.6 Å². The molecule has 0 unspecified atom stereocenters. The van der Waals surface area contributed by atoms with E-state index >= 15 is 0 Å². The second-order valence-electron chi connectivity index (χ2n) is 3.00. The number of halogens is 1. The van der Waals surface area contributed by atoms with Gasteiger partial charge in [0.1, 0.15) is 5.82 Å². The number of carbonyl (C=O) groups excluding carboxylic acids is 1. The Bertz CT molecular complexity index is 330. The Balaban J connectivity index is 2.69. The van der Waals surface area contributed by atoms with Gasteiger partial charge in [0.05, 0.1) is 5.75 Å². The molecule has 0 aromatic heterocycles. The lowest BCUT2D eigenvalue weighted by atomic mass is 10.2. The van der Waals surface area contributed by atoms with E-state index in [1.54, 1.807) is 25.2 Å². The molecule has 1 aromatic carbocycles. The molecule has 0 bridgehead atoms. The van der Waals surface area contributed by atoms with Gasteiger partial charge in [-0.25, -0.2) is 4.39 Å². The molecule has 14 heavy (non-hydrogen) atoms. The van der Waals surface area contributed by atoms with E-state index in [0.29, 0.717) is 5.56 Å². The van der Waals surface area contributed by atoms with Gasteiger partial charge in [0.25, 0.3) is 0 Å². The van der Waals surface area contributed by atoms with Crippen LogP contribution in [0.25, 0.3) is 0 Å². The molecule has 0 saturated heterocycles. The van der Waals surface area contributed by atoms with Crippen molar-refractivity contribution in [1.29, 1.82) is 0 Å². The van der Waals surface area contributed by atoms with Crippen molar-refractivity contribution >= 4 is 18.5 Å². The third-order valence-electron chi connectivity index (χ3n) is 1.93. The quantitative estimate of drug-likeness (QED) is 0.758. The summed E-state index contributed by atoms with van der Waals surface area (Å²) in [4.78, 5) is 12.6. The van der Waals surface area contributed by atoms with Gasteiger partial charge in [-0.2, -0.15) is 12.6 Å². The monoisotopic (exact) mass is 213 g/mol. The van der Waals surface area contributed by atoms with Gasteiger partial charge in [-0.05, 0) is 6.07 Å². The van der Waals surface area contributed by atoms with E-state index in [4.69, 9.17) is 0 Å². The molecule has 2 nitrogen and oxygen atoms in total. The number of hydrogen-bond donors (Lipinski definition) is 1. The molecule has 1 aromatic rings. The molecule has 4 heteroatoms. The van der Waals surface area contributed by atoms with E-state index in [1.165, 1.54) is 11.0 Å². The molecular formula is C10H12FNOS. The van der Waals surface area contributed by atoms with Crippen LogP contribution < -0.4 is 0 Å². The van der Waals surface area contributed by atoms with Gasteiger partial charge < -0.3 is 4.90 Å². The Hall–Kier alpha value is -1.03. The predicted molar refractivity (Wildman–Crippen MR) is 56.7 cm³/mol. The summed E-state index contributed by atoms with van der Waals surface area (Å²) in [5, 5.41) is 0. The van der Waals surface area contributed by atoms with Gasteiger partial charge in [-0.15, -0.1) is 0 Å². The molecule has 1 amide bonds. The molecule has 0 spiro atoms. The lowest BCUT2D eigenvalue weighted by molar-refractivity contribution is -0.127. The largest absolute Gasteiger partial charge is 0.341 e. The fourth-order valence-electron chi connectivity index (χ4n) is 1.09. The maximum Gasteiger partial charge on any atom is 0.232 e. The molecule has 0 fully saturated rings. The van der Waals surface area contributed by atoms with Crippen LogP contribution in [0.4, 0.5) is 4.39 Å². The molecule has 76 valence electrons. The van der Waals surface area contributed by atoms with Crippen molar-refractivity contribution in [1.82, 2.24) is 4.90 Å². The topological polar surface area (TPSA) is 20.3 Å². The highest BCUT2D eigenvalue weighted by Gasteiger charge is 2.09. The number of carbonyl (C=O) groups is 1. The highest BCUT2D eigenvalue weighted by atomic mass is 32.1. The molecule has 0 saturated carbocycles. The van der Waals surface area contributed by atoms with Gasteiger partial charge in [0.2, 0.25) is 5.91 Å². The normalized spacial score (nSPS) is 9.93. The standard InChI is InChI=1S/C10H12FNOS/c1-12(10(13)7-14)6-8-4-2-3-5-9(8)11/h2-5,14H,6-7H2,1H3. The molecule has 0 heterocycles. The number of benzene rings is 1. The molecule has 0 aliphatic carbocycles. The minimum Gasteiger partial charge on any atom is -0.341 e. The Morgan fingerprint density at radius 3 is 2.71 bits per heavy atom. The summed E-state index contributed by atoms with van der Waals surface area (Å²) in [6, 6.07) is 6.42. The molecule has 0 aliphatic rings. The first-order valence-corrected chi connectivity index (χ1v) is 4.86. The van der Waals surface area contributed by atoms with E-state index < -0.39 is 0 Å². The number of amides is 1. The molecule has 1 rings (SSSR count). The lowest BCUT2D eigenvalue weighted by Gasteiger charge is -2.16. The van der Waals surface area contributed by atoms with Gasteiger partial charge >= 0.3 is 0 Å². The van der Waals surface area contributed by atoms with E-state index in [9.17, 15) is 9.18 Å². The number of nitrogens with zero attached hydrogens (tertiary/aromatic N) is 1. The van der Waals surface area contributed by atoms with Crippen LogP contribution in [-0.4, -0.2) is 23.6 Å². The fourth-order valence-corrected chi connectivity index (χ4v) is 1.33. The summed E-state index contributed by atoms with van der Waals surface area (Å²) in [5.74, 6) is -0.256. The Morgan fingerprint density at radius 1 is 1.50 bits per heavy atom. The third kappa shape index (κ3) is 2.73. The SMILES string of the molecule is CN(Cc1ccccc1F)C(=O)CS. The summed E-state index contributed by atoms with van der Waals surface area (Å²) in [6.07, 6.45) is 0. The summed E-state index contributed by atoms with van der Waals surface area (Å²) in [6.45, 7) is 0.284. The van der Waals surface area contributed by atoms with Gasteiger partial charge in [-0.1, -0.05) is 18.2 Å². The van der Waals surface area contributed by atoms with Crippen LogP contribution in [0, 0.1) is 5.82 Å². The van der Waals surface area contributed by atoms with Crippen molar-refractivity contribution in [2.24, 2.45) is 0 Å². The zero-order chi connectivity index (χ0) is 10.6. The Kier molecular flexibility index (Phi) is 3.95. The summed E-state index contributed by atoms with van der Waals surface area (Å²) < 4.78 is 13.2. The predicted octanol–water partition coefficient (Wildman–Crippen LogP) is 1.71. The zero-order valence-corrected chi connectivity index (χ0v) is 8.80. The van der Waals surface area contributed by atoms with Gasteiger partial charge in [0.15, 0.2) is 0 Å². The molecule has 0 aliphatic heterocycles. The lowest BCUT2D eigenvalue weighted by Crippen LogP contribution is -2.27. The van der Waals surface area contributed by atoms with Gasteiger partial charge in [-0.3, -0.25) is 4.79 Å². The average molecular weight is 213 g/mol. The first kappa shape index (κ1) is 11.0. The minimum atomic E-state index is -0.286. The first-order chi connectivity index (χ1) is 6.65. The molecular weight excluding hydrogens is 201 g/mol. The van der Waals surface area contributed by atoms with E-state index in [-0.39, 0.29) is 24.0 Å². The maximum absolute atomic E-state index is 13.2. The second-order valence-corrected chi connectivity index (χ2v) is 3.32. The smallest absolute Gasteiger partial charge is 0.232 e. The van der Waals surface area contributed by atoms with Crippen LogP contribution in [0.5, 0.6) is 0 Å². The molecule has 0 radical (unpaired) electrons. The van der Waals surface area contributed by atoms with Crippen LogP contribution in [-0.2, 0) is 11.3 Å². The van der Waals surface area contributed by atoms with Crippen molar-refractivity contribution in [3.63, 3.8) is 0 Å². The van der Waals surface area contributed by atoms with Crippen LogP contribution in [0.2, 0.25) is 0 Å². The van der Waals surface area contributed by atoms with E-state index in [0.717, 1.165) is 0 Å². The van der Waals surface area contributed by atoms with Crippen LogP contribution in [0.1, 0.15) is 5.56 Å². The summed E-state index contributed by atoms with van der Waals surface area (Å²) >= 11 is 3.86. The van der Waals surface area contributed by atoms with E-state index in [1.807, 2.05) is 0 Å². The first-order valence-electron chi connectivity index (χ1n) is 4.23. The Labute approximate surface area is 88.1 Å². The number of thiol groups is 1. The van der Waals surface area contributed by atoms with E-state index in [2.05, 4.69) is 12.6 Å². The number of rotatable bonds is 3. The highest BCUT2D eigenvalue weighted by molar-refractivity contribution is 7.81. The third-order valence-corrected chi connectivity index (χ3v) is 2.20. The van der Waals surface area contributed by atoms with Crippen molar-refractivity contribution < 1.29 is 9.18 Å². The summed E-state index contributed by atoms with van der Waals surface area (Å²) in [7, 11) is 1.63. The van der Waals surface area contributed by atoms with Crippen molar-refractivity contribution in [3.8, 4) is 0 Å². The maximum atomic E-state index is 13.2. The number of hydrogen-bond acceptors (Lipinski definition) is 2. The van der Waals surface area contributed by atoms with Crippen molar-refractivity contribution in [2.75, 3.05) is 12.8 Å². The van der Waals surface area contributed by atoms with Crippen LogP contribution in [0.3, 0.4) is 0 Å². The van der Waals surface area contributed by atoms with Crippen molar-refractivity contribution in [2.45, 2.75) is 6.54 Å². The molecule has 0 atom stereocenters. The zero-order valence-electron chi connectivity index (χ0n) is 7.90. The highest BCUT2D eigenvalue weighted by Crippen LogP contribution is 2.08. The molecule has 0 N–H and O–H groups in total. The van der Waals surface area contributed by atoms with Crippen LogP contribution in [0.15, 0.2) is 24.3 Å². The Morgan fingerprint density at radius 2 is 2.14 bits per heavy atom. The van der Waals surface area contributed by atoms with Crippen LogP contribution >= 0.6 is 12.6 Å².